The summed E-state index contributed by atoms with van der Waals surface area (Å²) in [5.41, 5.74) is -0.257. The Kier molecular flexibility index (Phi) is 4.31. The second-order valence-corrected chi connectivity index (χ2v) is 8.24. The number of nitro benzene ring substituents is 1. The molecule has 1 aliphatic carbocycles. The minimum absolute atomic E-state index is 0.0879. The molecule has 1 aromatic carbocycles. The summed E-state index contributed by atoms with van der Waals surface area (Å²) in [6.07, 6.45) is 0.908. The van der Waals surface area contributed by atoms with Crippen molar-refractivity contribution in [1.82, 2.24) is 9.21 Å². The predicted octanol–water partition coefficient (Wildman–Crippen LogP) is 1.08. The summed E-state index contributed by atoms with van der Waals surface area (Å²) in [5, 5.41) is 10.8. The summed E-state index contributed by atoms with van der Waals surface area (Å²) in [4.78, 5) is 24.0. The van der Waals surface area contributed by atoms with Gasteiger partial charge in [0, 0.05) is 44.2 Å². The van der Waals surface area contributed by atoms with Gasteiger partial charge in [-0.15, -0.1) is 0 Å². The molecule has 2 fully saturated rings. The molecule has 3 rings (SSSR count). The second kappa shape index (κ2) is 6.14. The average molecular weight is 353 g/mol. The highest BCUT2D eigenvalue weighted by Gasteiger charge is 2.42. The van der Waals surface area contributed by atoms with Crippen LogP contribution in [0.2, 0.25) is 0 Å². The molecule has 2 aliphatic rings. The minimum atomic E-state index is -3.79. The summed E-state index contributed by atoms with van der Waals surface area (Å²) in [6, 6.07) is 5.04. The number of carbonyl (C=O) groups is 1. The molecule has 0 bridgehead atoms. The van der Waals surface area contributed by atoms with Crippen LogP contribution in [-0.4, -0.2) is 54.6 Å². The monoisotopic (exact) mass is 353 g/mol. The maximum Gasteiger partial charge on any atom is 0.270 e. The molecular weight excluding hydrogens is 334 g/mol. The largest absolute Gasteiger partial charge is 0.340 e. The van der Waals surface area contributed by atoms with Gasteiger partial charge in [-0.25, -0.2) is 8.42 Å². The Balaban J connectivity index is 1.70. The first-order valence-corrected chi connectivity index (χ1v) is 9.28. The van der Waals surface area contributed by atoms with Gasteiger partial charge in [-0.05, 0) is 18.4 Å². The number of benzene rings is 1. The van der Waals surface area contributed by atoms with Crippen molar-refractivity contribution in [2.24, 2.45) is 11.8 Å². The Labute approximate surface area is 140 Å². The van der Waals surface area contributed by atoms with Crippen molar-refractivity contribution in [3.63, 3.8) is 0 Å². The fraction of sp³-hybridized carbons (Fsp3) is 0.533. The molecule has 0 radical (unpaired) electrons. The van der Waals surface area contributed by atoms with Crippen LogP contribution in [0.5, 0.6) is 0 Å². The fourth-order valence-corrected chi connectivity index (χ4v) is 4.42. The van der Waals surface area contributed by atoms with Crippen molar-refractivity contribution < 1.29 is 18.1 Å². The van der Waals surface area contributed by atoms with E-state index in [0.29, 0.717) is 19.0 Å². The van der Waals surface area contributed by atoms with E-state index in [0.717, 1.165) is 12.5 Å². The smallest absolute Gasteiger partial charge is 0.270 e. The van der Waals surface area contributed by atoms with Crippen LogP contribution in [0.3, 0.4) is 0 Å². The summed E-state index contributed by atoms with van der Waals surface area (Å²) < 4.78 is 26.6. The van der Waals surface area contributed by atoms with E-state index < -0.39 is 14.9 Å². The summed E-state index contributed by atoms with van der Waals surface area (Å²) in [7, 11) is -3.79. The molecule has 1 aliphatic heterocycles. The molecule has 2 atom stereocenters. The third-order valence-corrected chi connectivity index (χ3v) is 6.54. The molecule has 24 heavy (non-hydrogen) atoms. The van der Waals surface area contributed by atoms with Gasteiger partial charge in [0.25, 0.3) is 5.69 Å². The van der Waals surface area contributed by atoms with E-state index in [4.69, 9.17) is 0 Å². The van der Waals surface area contributed by atoms with Gasteiger partial charge in [0.2, 0.25) is 15.9 Å². The number of carbonyl (C=O) groups excluding carboxylic acids is 1. The Morgan fingerprint density at radius 3 is 2.42 bits per heavy atom. The highest BCUT2D eigenvalue weighted by molar-refractivity contribution is 7.89. The average Bonchev–Trinajstić information content (AvgIpc) is 3.31. The zero-order valence-electron chi connectivity index (χ0n) is 13.3. The standard InChI is InChI=1S/C15H19N3O5S/c1-11-9-14(11)15(19)16-5-7-17(8-6-16)24(22,23)13-4-2-3-12(10-13)18(20)21/h2-4,10-11,14H,5-9H2,1H3/t11-,14-/m1/s1. The van der Waals surface area contributed by atoms with Gasteiger partial charge in [-0.1, -0.05) is 13.0 Å². The van der Waals surface area contributed by atoms with E-state index in [1.54, 1.807) is 4.90 Å². The predicted molar refractivity (Wildman–Crippen MR) is 85.7 cm³/mol. The van der Waals surface area contributed by atoms with Crippen LogP contribution in [0.25, 0.3) is 0 Å². The van der Waals surface area contributed by atoms with Crippen molar-refractivity contribution in [1.29, 1.82) is 0 Å². The van der Waals surface area contributed by atoms with Gasteiger partial charge in [0.15, 0.2) is 0 Å². The lowest BCUT2D eigenvalue weighted by atomic mass is 10.2. The van der Waals surface area contributed by atoms with Crippen LogP contribution >= 0.6 is 0 Å². The second-order valence-electron chi connectivity index (χ2n) is 6.30. The van der Waals surface area contributed by atoms with Gasteiger partial charge >= 0.3 is 0 Å². The van der Waals surface area contributed by atoms with Gasteiger partial charge in [0.1, 0.15) is 0 Å². The topological polar surface area (TPSA) is 101 Å². The zero-order chi connectivity index (χ0) is 17.5. The van der Waals surface area contributed by atoms with Crippen molar-refractivity contribution in [3.05, 3.63) is 34.4 Å². The van der Waals surface area contributed by atoms with E-state index in [1.807, 2.05) is 6.92 Å². The molecular formula is C15H19N3O5S. The number of rotatable bonds is 4. The first kappa shape index (κ1) is 16.8. The number of sulfonamides is 1. The van der Waals surface area contributed by atoms with Crippen molar-refractivity contribution in [2.45, 2.75) is 18.2 Å². The van der Waals surface area contributed by atoms with Gasteiger partial charge < -0.3 is 4.90 Å². The van der Waals surface area contributed by atoms with Crippen molar-refractivity contribution >= 4 is 21.6 Å². The summed E-state index contributed by atoms with van der Waals surface area (Å²) in [5.74, 6) is 0.615. The lowest BCUT2D eigenvalue weighted by Gasteiger charge is -2.34. The summed E-state index contributed by atoms with van der Waals surface area (Å²) >= 11 is 0. The highest BCUT2D eigenvalue weighted by atomic mass is 32.2. The van der Waals surface area contributed by atoms with E-state index in [1.165, 1.54) is 22.5 Å². The maximum atomic E-state index is 12.6. The first-order valence-electron chi connectivity index (χ1n) is 7.84. The van der Waals surface area contributed by atoms with E-state index in [2.05, 4.69) is 0 Å². The third kappa shape index (κ3) is 3.13. The van der Waals surface area contributed by atoms with Crippen LogP contribution in [-0.2, 0) is 14.8 Å². The Morgan fingerprint density at radius 1 is 1.25 bits per heavy atom. The third-order valence-electron chi connectivity index (χ3n) is 4.64. The molecule has 0 N–H and O–H groups in total. The number of non-ortho nitro benzene ring substituents is 1. The van der Waals surface area contributed by atoms with Gasteiger partial charge in [-0.3, -0.25) is 14.9 Å². The van der Waals surface area contributed by atoms with Crippen molar-refractivity contribution in [2.75, 3.05) is 26.2 Å². The molecule has 0 unspecified atom stereocenters. The number of nitrogens with zero attached hydrogens (tertiary/aromatic N) is 3. The van der Waals surface area contributed by atoms with Gasteiger partial charge in [-0.2, -0.15) is 4.31 Å². The number of hydrogen-bond acceptors (Lipinski definition) is 5. The Bertz CT molecular complexity index is 771. The molecule has 0 aromatic heterocycles. The van der Waals surface area contributed by atoms with E-state index in [-0.39, 0.29) is 35.5 Å². The number of amides is 1. The Morgan fingerprint density at radius 2 is 1.88 bits per heavy atom. The number of hydrogen-bond donors (Lipinski definition) is 0. The minimum Gasteiger partial charge on any atom is -0.340 e. The van der Waals surface area contributed by atoms with E-state index in [9.17, 15) is 23.3 Å². The molecule has 1 aromatic rings. The molecule has 1 heterocycles. The van der Waals surface area contributed by atoms with Crippen LogP contribution in [0, 0.1) is 22.0 Å². The normalized spacial score (nSPS) is 24.6. The van der Waals surface area contributed by atoms with Crippen LogP contribution < -0.4 is 0 Å². The molecule has 1 saturated carbocycles. The molecule has 9 heteroatoms. The van der Waals surface area contributed by atoms with Crippen LogP contribution in [0.1, 0.15) is 13.3 Å². The van der Waals surface area contributed by atoms with Crippen molar-refractivity contribution in [3.8, 4) is 0 Å². The Hall–Kier alpha value is -2.00. The highest BCUT2D eigenvalue weighted by Crippen LogP contribution is 2.39. The molecule has 130 valence electrons. The van der Waals surface area contributed by atoms with E-state index >= 15 is 0 Å². The van der Waals surface area contributed by atoms with Crippen LogP contribution in [0.15, 0.2) is 29.2 Å². The lowest BCUT2D eigenvalue weighted by molar-refractivity contribution is -0.385. The lowest BCUT2D eigenvalue weighted by Crippen LogP contribution is -2.51. The number of piperazine rings is 1. The molecule has 8 nitrogen and oxygen atoms in total. The first-order chi connectivity index (χ1) is 11.3. The SMILES string of the molecule is C[C@@H]1C[C@H]1C(=O)N1CCN(S(=O)(=O)c2cccc([N+](=O)[O-])c2)CC1. The molecule has 1 amide bonds. The maximum absolute atomic E-state index is 12.6. The summed E-state index contributed by atoms with van der Waals surface area (Å²) in [6.45, 7) is 3.16. The number of nitro groups is 1. The fourth-order valence-electron chi connectivity index (χ4n) is 2.96. The molecule has 0 spiro atoms. The quantitative estimate of drug-likeness (QED) is 0.595. The van der Waals surface area contributed by atoms with Gasteiger partial charge in [0.05, 0.1) is 9.82 Å². The van der Waals surface area contributed by atoms with Crippen LogP contribution in [0.4, 0.5) is 5.69 Å². The zero-order valence-corrected chi connectivity index (χ0v) is 14.1. The molecule has 1 saturated heterocycles.